The van der Waals surface area contributed by atoms with Crippen LogP contribution >= 0.6 is 0 Å². The van der Waals surface area contributed by atoms with Crippen molar-refractivity contribution in [3.05, 3.63) is 35.4 Å². The Bertz CT molecular complexity index is 365. The highest BCUT2D eigenvalue weighted by atomic mass is 16.4. The van der Waals surface area contributed by atoms with E-state index in [1.54, 1.807) is 31.2 Å². The molecule has 0 aliphatic rings. The first-order chi connectivity index (χ1) is 6.16. The molecule has 3 heteroatoms. The summed E-state index contributed by atoms with van der Waals surface area (Å²) in [5.41, 5.74) is 1.40. The number of aryl methyl sites for hydroxylation is 1. The lowest BCUT2D eigenvalue weighted by molar-refractivity contribution is -0.137. The molecule has 1 aromatic rings. The molecule has 1 unspecified atom stereocenters. The third-order valence-electron chi connectivity index (χ3n) is 1.88. The Balaban J connectivity index is 3.14. The van der Waals surface area contributed by atoms with Gasteiger partial charge in [-0.05, 0) is 18.1 Å². The number of hydrogen-bond acceptors (Lipinski definition) is 2. The number of carboxylic acid groups (broad SMARTS) is 1. The van der Waals surface area contributed by atoms with Gasteiger partial charge in [0.05, 0.1) is 6.07 Å². The van der Waals surface area contributed by atoms with Gasteiger partial charge in [0, 0.05) is 0 Å². The maximum Gasteiger partial charge on any atom is 0.325 e. The minimum Gasteiger partial charge on any atom is -0.480 e. The molecule has 13 heavy (non-hydrogen) atoms. The molecule has 1 N–H and O–H groups in total. The second-order valence-electron chi connectivity index (χ2n) is 2.76. The van der Waals surface area contributed by atoms with E-state index >= 15 is 0 Å². The topological polar surface area (TPSA) is 61.1 Å². The molecule has 0 heterocycles. The predicted molar refractivity (Wildman–Crippen MR) is 47.2 cm³/mol. The second kappa shape index (κ2) is 3.72. The Labute approximate surface area is 76.2 Å². The number of nitrogens with zero attached hydrogens (tertiary/aromatic N) is 1. The van der Waals surface area contributed by atoms with Crippen LogP contribution in [0.25, 0.3) is 0 Å². The number of carbonyl (C=O) groups is 1. The molecular weight excluding hydrogens is 166 g/mol. The van der Waals surface area contributed by atoms with Crippen LogP contribution in [0, 0.1) is 18.3 Å². The summed E-state index contributed by atoms with van der Waals surface area (Å²) in [7, 11) is 0. The predicted octanol–water partition coefficient (Wildman–Crippen LogP) is 1.69. The van der Waals surface area contributed by atoms with E-state index in [1.165, 1.54) is 0 Å². The summed E-state index contributed by atoms with van der Waals surface area (Å²) in [5, 5.41) is 17.4. The minimum absolute atomic E-state index is 0.567. The lowest BCUT2D eigenvalue weighted by atomic mass is 9.96. The molecule has 66 valence electrons. The zero-order chi connectivity index (χ0) is 9.84. The minimum atomic E-state index is -1.10. The Kier molecular flexibility index (Phi) is 2.65. The van der Waals surface area contributed by atoms with Crippen LogP contribution in [0.1, 0.15) is 17.0 Å². The summed E-state index contributed by atoms with van der Waals surface area (Å²) < 4.78 is 0. The van der Waals surface area contributed by atoms with Crippen LogP contribution in [-0.2, 0) is 4.79 Å². The molecule has 0 amide bonds. The third-order valence-corrected chi connectivity index (χ3v) is 1.88. The van der Waals surface area contributed by atoms with Crippen molar-refractivity contribution >= 4 is 5.97 Å². The summed E-state index contributed by atoms with van der Waals surface area (Å²) in [6, 6.07) is 8.76. The van der Waals surface area contributed by atoms with Crippen molar-refractivity contribution in [1.29, 1.82) is 5.26 Å². The number of hydrogen-bond donors (Lipinski definition) is 1. The molecule has 0 aliphatic carbocycles. The van der Waals surface area contributed by atoms with E-state index in [0.29, 0.717) is 5.56 Å². The third kappa shape index (κ3) is 1.85. The van der Waals surface area contributed by atoms with Crippen LogP contribution in [0.4, 0.5) is 0 Å². The molecule has 0 aromatic heterocycles. The Morgan fingerprint density at radius 2 is 2.15 bits per heavy atom. The number of aliphatic carboxylic acids is 1. The van der Waals surface area contributed by atoms with Crippen LogP contribution in [-0.4, -0.2) is 11.1 Å². The Hall–Kier alpha value is -1.82. The second-order valence-corrected chi connectivity index (χ2v) is 2.76. The highest BCUT2D eigenvalue weighted by Crippen LogP contribution is 2.18. The summed E-state index contributed by atoms with van der Waals surface area (Å²) in [5.74, 6) is -2.15. The first-order valence-electron chi connectivity index (χ1n) is 3.84. The maximum atomic E-state index is 10.7. The van der Waals surface area contributed by atoms with Crippen LogP contribution in [0.3, 0.4) is 0 Å². The molecule has 3 nitrogen and oxygen atoms in total. The Morgan fingerprint density at radius 1 is 1.54 bits per heavy atom. The van der Waals surface area contributed by atoms with Crippen molar-refractivity contribution in [2.75, 3.05) is 0 Å². The first kappa shape index (κ1) is 9.27. The fourth-order valence-electron chi connectivity index (χ4n) is 1.17. The van der Waals surface area contributed by atoms with E-state index in [0.717, 1.165) is 5.56 Å². The molecule has 0 spiro atoms. The fraction of sp³-hybridized carbons (Fsp3) is 0.200. The van der Waals surface area contributed by atoms with E-state index in [-0.39, 0.29) is 0 Å². The van der Waals surface area contributed by atoms with Crippen molar-refractivity contribution in [3.63, 3.8) is 0 Å². The lowest BCUT2D eigenvalue weighted by Gasteiger charge is -2.06. The zero-order valence-corrected chi connectivity index (χ0v) is 7.19. The van der Waals surface area contributed by atoms with Crippen molar-refractivity contribution in [3.8, 4) is 6.07 Å². The number of benzene rings is 1. The van der Waals surface area contributed by atoms with Crippen LogP contribution in [0.15, 0.2) is 24.3 Å². The van der Waals surface area contributed by atoms with Gasteiger partial charge in [0.1, 0.15) is 0 Å². The van der Waals surface area contributed by atoms with Crippen LogP contribution in [0.2, 0.25) is 0 Å². The average molecular weight is 175 g/mol. The zero-order valence-electron chi connectivity index (χ0n) is 7.19. The summed E-state index contributed by atoms with van der Waals surface area (Å²) >= 11 is 0. The average Bonchev–Trinajstić information content (AvgIpc) is 2.09. The molecule has 0 saturated heterocycles. The van der Waals surface area contributed by atoms with Gasteiger partial charge in [-0.3, -0.25) is 4.79 Å². The van der Waals surface area contributed by atoms with Crippen LogP contribution in [0.5, 0.6) is 0 Å². The van der Waals surface area contributed by atoms with Gasteiger partial charge < -0.3 is 5.11 Å². The fourth-order valence-corrected chi connectivity index (χ4v) is 1.17. The smallest absolute Gasteiger partial charge is 0.325 e. The molecule has 1 atom stereocenters. The number of rotatable bonds is 2. The van der Waals surface area contributed by atoms with Gasteiger partial charge in [0.25, 0.3) is 0 Å². The molecule has 1 aromatic carbocycles. The molecule has 1 rings (SSSR count). The van der Waals surface area contributed by atoms with E-state index < -0.39 is 11.9 Å². The monoisotopic (exact) mass is 175 g/mol. The van der Waals surface area contributed by atoms with Gasteiger partial charge in [-0.1, -0.05) is 24.3 Å². The molecular formula is C10H9NO2. The van der Waals surface area contributed by atoms with Gasteiger partial charge in [-0.2, -0.15) is 5.26 Å². The van der Waals surface area contributed by atoms with Gasteiger partial charge in [-0.25, -0.2) is 0 Å². The largest absolute Gasteiger partial charge is 0.480 e. The van der Waals surface area contributed by atoms with E-state index in [4.69, 9.17) is 10.4 Å². The Morgan fingerprint density at radius 3 is 2.62 bits per heavy atom. The maximum absolute atomic E-state index is 10.7. The first-order valence-corrected chi connectivity index (χ1v) is 3.84. The van der Waals surface area contributed by atoms with E-state index in [9.17, 15) is 4.79 Å². The van der Waals surface area contributed by atoms with Gasteiger partial charge >= 0.3 is 5.97 Å². The number of nitriles is 1. The van der Waals surface area contributed by atoms with E-state index in [1.807, 2.05) is 6.07 Å². The normalized spacial score (nSPS) is 11.7. The van der Waals surface area contributed by atoms with E-state index in [2.05, 4.69) is 0 Å². The van der Waals surface area contributed by atoms with Crippen molar-refractivity contribution in [1.82, 2.24) is 0 Å². The summed E-state index contributed by atoms with van der Waals surface area (Å²) in [6.45, 7) is 1.79. The van der Waals surface area contributed by atoms with Gasteiger partial charge in [-0.15, -0.1) is 0 Å². The molecule has 0 fully saturated rings. The highest BCUT2D eigenvalue weighted by Gasteiger charge is 2.19. The SMILES string of the molecule is Cc1ccccc1C(C#N)C(=O)O. The van der Waals surface area contributed by atoms with Gasteiger partial charge in [0.15, 0.2) is 5.92 Å². The molecule has 0 radical (unpaired) electrons. The van der Waals surface area contributed by atoms with Crippen molar-refractivity contribution in [2.24, 2.45) is 0 Å². The quantitative estimate of drug-likeness (QED) is 0.743. The highest BCUT2D eigenvalue weighted by molar-refractivity contribution is 5.79. The molecule has 0 aliphatic heterocycles. The van der Waals surface area contributed by atoms with Crippen molar-refractivity contribution in [2.45, 2.75) is 12.8 Å². The summed E-state index contributed by atoms with van der Waals surface area (Å²) in [4.78, 5) is 10.7. The standard InChI is InChI=1S/C10H9NO2/c1-7-4-2-3-5-8(7)9(6-11)10(12)13/h2-5,9H,1H3,(H,12,13). The van der Waals surface area contributed by atoms with Gasteiger partial charge in [0.2, 0.25) is 0 Å². The summed E-state index contributed by atoms with van der Waals surface area (Å²) in [6.07, 6.45) is 0. The van der Waals surface area contributed by atoms with Crippen molar-refractivity contribution < 1.29 is 9.90 Å². The lowest BCUT2D eigenvalue weighted by Crippen LogP contribution is -2.10. The molecule has 0 bridgehead atoms. The number of carboxylic acids is 1. The molecule has 0 saturated carbocycles. The van der Waals surface area contributed by atoms with Crippen LogP contribution < -0.4 is 0 Å².